The molecule has 0 spiro atoms. The minimum absolute atomic E-state index is 0.774. The first-order chi connectivity index (χ1) is 24.3. The molecular formula is C46H26O3. The zero-order chi connectivity index (χ0) is 32.1. The molecule has 11 aromatic rings. The molecular weight excluding hydrogens is 601 g/mol. The van der Waals surface area contributed by atoms with Gasteiger partial charge in [0.05, 0.1) is 6.26 Å². The number of benzene rings is 8. The lowest BCUT2D eigenvalue weighted by Crippen LogP contribution is -1.90. The van der Waals surface area contributed by atoms with Crippen LogP contribution in [0.5, 0.6) is 0 Å². The second-order valence-corrected chi connectivity index (χ2v) is 12.8. The normalized spacial score (nSPS) is 12.1. The summed E-state index contributed by atoms with van der Waals surface area (Å²) in [5.74, 6) is 0. The first-order valence-electron chi connectivity index (χ1n) is 16.6. The van der Waals surface area contributed by atoms with Gasteiger partial charge >= 0.3 is 0 Å². The number of hydrogen-bond acceptors (Lipinski definition) is 3. The van der Waals surface area contributed by atoms with Crippen LogP contribution in [0.25, 0.3) is 110 Å². The second-order valence-electron chi connectivity index (χ2n) is 12.8. The third kappa shape index (κ3) is 3.78. The highest BCUT2D eigenvalue weighted by Gasteiger charge is 2.20. The van der Waals surface area contributed by atoms with Gasteiger partial charge in [-0.05, 0) is 91.8 Å². The number of furan rings is 3. The van der Waals surface area contributed by atoms with Crippen LogP contribution in [0.4, 0.5) is 0 Å². The molecule has 11 rings (SSSR count). The Labute approximate surface area is 280 Å². The Hall–Kier alpha value is -6.58. The predicted octanol–water partition coefficient (Wildman–Crippen LogP) is 13.5. The Bertz CT molecular complexity index is 3040. The van der Waals surface area contributed by atoms with E-state index in [1.54, 1.807) is 0 Å². The molecule has 8 aromatic carbocycles. The summed E-state index contributed by atoms with van der Waals surface area (Å²) >= 11 is 0. The summed E-state index contributed by atoms with van der Waals surface area (Å²) in [6, 6.07) is 53.6. The summed E-state index contributed by atoms with van der Waals surface area (Å²) in [5.41, 5.74) is 11.0. The first-order valence-corrected chi connectivity index (χ1v) is 16.6. The largest absolute Gasteiger partial charge is 0.460 e. The molecule has 49 heavy (non-hydrogen) atoms. The van der Waals surface area contributed by atoms with Crippen LogP contribution >= 0.6 is 0 Å². The Morgan fingerprint density at radius 1 is 0.306 bits per heavy atom. The molecule has 3 nitrogen and oxygen atoms in total. The van der Waals surface area contributed by atoms with Gasteiger partial charge in [-0.1, -0.05) is 109 Å². The lowest BCUT2D eigenvalue weighted by Gasteiger charge is -2.17. The fraction of sp³-hybridized carbons (Fsp3) is 0. The van der Waals surface area contributed by atoms with Crippen LogP contribution in [0, 0.1) is 0 Å². The Morgan fingerprint density at radius 3 is 1.45 bits per heavy atom. The van der Waals surface area contributed by atoms with E-state index in [0.717, 1.165) is 77.1 Å². The fourth-order valence-corrected chi connectivity index (χ4v) is 7.95. The second kappa shape index (κ2) is 9.96. The molecule has 0 amide bonds. The minimum Gasteiger partial charge on any atom is -0.460 e. The molecule has 0 aliphatic carbocycles. The van der Waals surface area contributed by atoms with Crippen molar-refractivity contribution in [3.63, 3.8) is 0 Å². The number of para-hydroxylation sites is 1. The maximum atomic E-state index is 6.66. The smallest absolute Gasteiger partial charge is 0.178 e. The van der Waals surface area contributed by atoms with Gasteiger partial charge in [0.2, 0.25) is 0 Å². The van der Waals surface area contributed by atoms with E-state index in [1.165, 1.54) is 32.7 Å². The van der Waals surface area contributed by atoms with E-state index in [0.29, 0.717) is 0 Å². The zero-order valence-electron chi connectivity index (χ0n) is 26.2. The molecule has 3 aromatic heterocycles. The molecule has 0 aliphatic rings. The van der Waals surface area contributed by atoms with Crippen molar-refractivity contribution in [3.05, 3.63) is 158 Å². The Morgan fingerprint density at radius 2 is 0.796 bits per heavy atom. The topological polar surface area (TPSA) is 39.4 Å². The van der Waals surface area contributed by atoms with Crippen LogP contribution < -0.4 is 0 Å². The summed E-state index contributed by atoms with van der Waals surface area (Å²) in [7, 11) is 0. The SMILES string of the molecule is c1ccc(-c2coc3c2ccc2c4ccc(-c5c6ccccc6c(-c6ccc7c(c6)oc6ccccc67)c6ccccc56)cc4oc23)cc1. The fourth-order valence-electron chi connectivity index (χ4n) is 7.95. The quantitative estimate of drug-likeness (QED) is 0.183. The Kier molecular flexibility index (Phi) is 5.38. The van der Waals surface area contributed by atoms with Crippen LogP contribution in [0.15, 0.2) is 171 Å². The van der Waals surface area contributed by atoms with Gasteiger partial charge in [0.25, 0.3) is 0 Å². The molecule has 0 fully saturated rings. The molecule has 0 atom stereocenters. The standard InChI is InChI=1S/C46H26O3/c1-2-10-27(11-3-1)39-26-47-45-38(39)23-22-37-32-21-19-29(25-42(32)49-46(37)45)44-35-15-6-4-13-33(35)43(34-14-5-7-16-36(34)44)28-18-20-31-30-12-8-9-17-40(30)48-41(31)24-28/h1-26H. The van der Waals surface area contributed by atoms with Crippen LogP contribution in [0.2, 0.25) is 0 Å². The summed E-state index contributed by atoms with van der Waals surface area (Å²) < 4.78 is 19.2. The lowest BCUT2D eigenvalue weighted by atomic mass is 9.85. The van der Waals surface area contributed by atoms with Crippen LogP contribution in [0.1, 0.15) is 0 Å². The van der Waals surface area contributed by atoms with Gasteiger partial charge in [-0.15, -0.1) is 0 Å². The molecule has 0 saturated heterocycles. The van der Waals surface area contributed by atoms with E-state index in [2.05, 4.69) is 133 Å². The number of hydrogen-bond donors (Lipinski definition) is 0. The minimum atomic E-state index is 0.774. The maximum absolute atomic E-state index is 6.66. The van der Waals surface area contributed by atoms with Crippen molar-refractivity contribution in [3.8, 4) is 33.4 Å². The van der Waals surface area contributed by atoms with Crippen molar-refractivity contribution < 1.29 is 13.3 Å². The third-order valence-corrected chi connectivity index (χ3v) is 10.2. The number of rotatable bonds is 3. The van der Waals surface area contributed by atoms with Crippen molar-refractivity contribution in [2.75, 3.05) is 0 Å². The van der Waals surface area contributed by atoms with E-state index >= 15 is 0 Å². The van der Waals surface area contributed by atoms with Crippen molar-refractivity contribution in [1.29, 1.82) is 0 Å². The predicted molar refractivity (Wildman–Crippen MR) is 202 cm³/mol. The number of fused-ring (bicyclic) bond motifs is 10. The van der Waals surface area contributed by atoms with Gasteiger partial charge in [-0.25, -0.2) is 0 Å². The van der Waals surface area contributed by atoms with E-state index in [9.17, 15) is 0 Å². The van der Waals surface area contributed by atoms with Crippen molar-refractivity contribution in [2.24, 2.45) is 0 Å². The van der Waals surface area contributed by atoms with Gasteiger partial charge in [0.1, 0.15) is 16.7 Å². The molecule has 0 saturated carbocycles. The Balaban J connectivity index is 1.13. The molecule has 3 heterocycles. The summed E-state index contributed by atoms with van der Waals surface area (Å²) in [6.45, 7) is 0. The monoisotopic (exact) mass is 626 g/mol. The average Bonchev–Trinajstić information content (AvgIpc) is 3.87. The highest BCUT2D eigenvalue weighted by atomic mass is 16.4. The highest BCUT2D eigenvalue weighted by molar-refractivity contribution is 6.23. The van der Waals surface area contributed by atoms with Crippen LogP contribution in [-0.2, 0) is 0 Å². The van der Waals surface area contributed by atoms with Crippen molar-refractivity contribution in [2.45, 2.75) is 0 Å². The summed E-state index contributed by atoms with van der Waals surface area (Å²) in [4.78, 5) is 0. The molecule has 0 bridgehead atoms. The van der Waals surface area contributed by atoms with Gasteiger partial charge in [0, 0.05) is 32.5 Å². The average molecular weight is 627 g/mol. The highest BCUT2D eigenvalue weighted by Crippen LogP contribution is 2.46. The third-order valence-electron chi connectivity index (χ3n) is 10.2. The molecule has 3 heteroatoms. The summed E-state index contributed by atoms with van der Waals surface area (Å²) in [5, 5.41) is 10.2. The van der Waals surface area contributed by atoms with Crippen LogP contribution in [0.3, 0.4) is 0 Å². The molecule has 0 radical (unpaired) electrons. The van der Waals surface area contributed by atoms with Crippen molar-refractivity contribution in [1.82, 2.24) is 0 Å². The van der Waals surface area contributed by atoms with Gasteiger partial charge in [-0.3, -0.25) is 0 Å². The zero-order valence-corrected chi connectivity index (χ0v) is 26.2. The van der Waals surface area contributed by atoms with E-state index in [-0.39, 0.29) is 0 Å². The summed E-state index contributed by atoms with van der Waals surface area (Å²) in [6.07, 6.45) is 1.84. The van der Waals surface area contributed by atoms with E-state index in [1.807, 2.05) is 24.5 Å². The molecule has 228 valence electrons. The maximum Gasteiger partial charge on any atom is 0.178 e. The van der Waals surface area contributed by atoms with Gasteiger partial charge in [0.15, 0.2) is 11.2 Å². The van der Waals surface area contributed by atoms with E-state index < -0.39 is 0 Å². The van der Waals surface area contributed by atoms with Gasteiger partial charge < -0.3 is 13.3 Å². The molecule has 0 aliphatic heterocycles. The van der Waals surface area contributed by atoms with Gasteiger partial charge in [-0.2, -0.15) is 0 Å². The molecule has 0 unspecified atom stereocenters. The lowest BCUT2D eigenvalue weighted by molar-refractivity contribution is 0.600. The van der Waals surface area contributed by atoms with Crippen molar-refractivity contribution >= 4 is 76.4 Å². The molecule has 0 N–H and O–H groups in total. The first kappa shape index (κ1) is 26.5. The van der Waals surface area contributed by atoms with E-state index in [4.69, 9.17) is 13.3 Å². The van der Waals surface area contributed by atoms with Crippen LogP contribution in [-0.4, -0.2) is 0 Å².